The van der Waals surface area contributed by atoms with E-state index in [1.165, 1.54) is 4.88 Å². The van der Waals surface area contributed by atoms with E-state index in [-0.39, 0.29) is 11.8 Å². The summed E-state index contributed by atoms with van der Waals surface area (Å²) in [6.07, 6.45) is 3.74. The fraction of sp³-hybridized carbons (Fsp3) is 0.750. The van der Waals surface area contributed by atoms with Crippen LogP contribution in [0.1, 0.15) is 43.1 Å². The summed E-state index contributed by atoms with van der Waals surface area (Å²) in [5.74, 6) is 0.101. The zero-order chi connectivity index (χ0) is 14.3. The molecule has 1 aromatic heterocycles. The summed E-state index contributed by atoms with van der Waals surface area (Å²) in [7, 11) is -3.25. The van der Waals surface area contributed by atoms with Crippen LogP contribution in [0.4, 0.5) is 0 Å². The summed E-state index contributed by atoms with van der Waals surface area (Å²) in [4.78, 5) is 5.43. The van der Waals surface area contributed by atoms with Crippen molar-refractivity contribution in [1.29, 1.82) is 0 Å². The Morgan fingerprint density at radius 1 is 1.37 bits per heavy atom. The molecular weight excluding hydrogens is 282 g/mol. The molecule has 0 amide bonds. The normalized spacial score (nSPS) is 13.6. The predicted octanol–water partition coefficient (Wildman–Crippen LogP) is 1.69. The van der Waals surface area contributed by atoms with E-state index in [9.17, 15) is 8.42 Å². The van der Waals surface area contributed by atoms with E-state index in [0.29, 0.717) is 6.54 Å². The molecular formula is C12H23N3O2S2. The lowest BCUT2D eigenvalue weighted by Gasteiger charge is -2.12. The second-order valence-electron chi connectivity index (χ2n) is 4.43. The van der Waals surface area contributed by atoms with Crippen molar-refractivity contribution in [3.63, 3.8) is 0 Å². The molecule has 7 heteroatoms. The molecule has 1 rings (SSSR count). The molecule has 0 fully saturated rings. The van der Waals surface area contributed by atoms with Gasteiger partial charge in [-0.25, -0.2) is 18.1 Å². The molecule has 2 N–H and O–H groups in total. The van der Waals surface area contributed by atoms with E-state index in [0.717, 1.165) is 24.4 Å². The largest absolute Gasteiger partial charge is 0.316 e. The van der Waals surface area contributed by atoms with Gasteiger partial charge in [-0.1, -0.05) is 13.8 Å². The molecule has 19 heavy (non-hydrogen) atoms. The van der Waals surface area contributed by atoms with Crippen molar-refractivity contribution < 1.29 is 8.42 Å². The van der Waals surface area contributed by atoms with Gasteiger partial charge in [0.2, 0.25) is 10.0 Å². The van der Waals surface area contributed by atoms with Crippen LogP contribution in [-0.2, 0) is 16.4 Å². The highest BCUT2D eigenvalue weighted by Gasteiger charge is 2.17. The highest BCUT2D eigenvalue weighted by atomic mass is 32.2. The maximum atomic E-state index is 11.9. The Morgan fingerprint density at radius 2 is 2.11 bits per heavy atom. The zero-order valence-electron chi connectivity index (χ0n) is 11.8. The van der Waals surface area contributed by atoms with Crippen molar-refractivity contribution in [3.8, 4) is 0 Å². The molecule has 0 spiro atoms. The average Bonchev–Trinajstić information content (AvgIpc) is 2.83. The first-order valence-electron chi connectivity index (χ1n) is 6.63. The summed E-state index contributed by atoms with van der Waals surface area (Å²) in [5.41, 5.74) is 0. The second kappa shape index (κ2) is 7.94. The Balaban J connectivity index is 2.47. The van der Waals surface area contributed by atoms with Crippen LogP contribution < -0.4 is 10.0 Å². The minimum absolute atomic E-state index is 0.101. The molecule has 1 atom stereocenters. The van der Waals surface area contributed by atoms with Crippen LogP contribution in [0.5, 0.6) is 0 Å². The van der Waals surface area contributed by atoms with Gasteiger partial charge in [0.25, 0.3) is 0 Å². The summed E-state index contributed by atoms with van der Waals surface area (Å²) in [6, 6.07) is -0.263. The number of sulfonamides is 1. The minimum atomic E-state index is -3.25. The van der Waals surface area contributed by atoms with Gasteiger partial charge in [-0.15, -0.1) is 11.3 Å². The van der Waals surface area contributed by atoms with Gasteiger partial charge in [-0.3, -0.25) is 0 Å². The van der Waals surface area contributed by atoms with Gasteiger partial charge in [0.05, 0.1) is 11.8 Å². The third-order valence-electron chi connectivity index (χ3n) is 2.62. The van der Waals surface area contributed by atoms with Crippen molar-refractivity contribution in [3.05, 3.63) is 16.1 Å². The van der Waals surface area contributed by atoms with Crippen molar-refractivity contribution in [2.75, 3.05) is 18.8 Å². The summed E-state index contributed by atoms with van der Waals surface area (Å²) in [5, 5.41) is 3.91. The smallest absolute Gasteiger partial charge is 0.213 e. The Kier molecular flexibility index (Phi) is 6.92. The van der Waals surface area contributed by atoms with Gasteiger partial charge >= 0.3 is 0 Å². The molecule has 1 aromatic rings. The monoisotopic (exact) mass is 305 g/mol. The highest BCUT2D eigenvalue weighted by Crippen LogP contribution is 2.20. The molecule has 1 unspecified atom stereocenters. The van der Waals surface area contributed by atoms with E-state index >= 15 is 0 Å². The molecule has 0 aliphatic rings. The first-order valence-corrected chi connectivity index (χ1v) is 9.10. The topological polar surface area (TPSA) is 71.1 Å². The minimum Gasteiger partial charge on any atom is -0.316 e. The summed E-state index contributed by atoms with van der Waals surface area (Å²) < 4.78 is 26.4. The zero-order valence-corrected chi connectivity index (χ0v) is 13.4. The Labute approximate surface area is 119 Å². The van der Waals surface area contributed by atoms with Gasteiger partial charge in [-0.2, -0.15) is 0 Å². The van der Waals surface area contributed by atoms with Crippen molar-refractivity contribution >= 4 is 21.4 Å². The lowest BCUT2D eigenvalue weighted by Crippen LogP contribution is -2.33. The number of rotatable bonds is 9. The van der Waals surface area contributed by atoms with E-state index in [4.69, 9.17) is 0 Å². The lowest BCUT2D eigenvalue weighted by atomic mass is 10.4. The predicted molar refractivity (Wildman–Crippen MR) is 80.0 cm³/mol. The first-order chi connectivity index (χ1) is 8.98. The van der Waals surface area contributed by atoms with Crippen LogP contribution in [0, 0.1) is 0 Å². The van der Waals surface area contributed by atoms with E-state index in [1.807, 2.05) is 13.1 Å². The molecule has 0 saturated carbocycles. The summed E-state index contributed by atoms with van der Waals surface area (Å²) >= 11 is 1.56. The number of nitrogens with one attached hydrogen (secondary N) is 2. The molecule has 0 bridgehead atoms. The fourth-order valence-corrected chi connectivity index (χ4v) is 3.69. The number of thiazole rings is 1. The molecule has 0 aliphatic heterocycles. The quantitative estimate of drug-likeness (QED) is 0.681. The van der Waals surface area contributed by atoms with Crippen LogP contribution in [0.2, 0.25) is 0 Å². The van der Waals surface area contributed by atoms with Crippen molar-refractivity contribution in [1.82, 2.24) is 15.0 Å². The van der Waals surface area contributed by atoms with Crippen LogP contribution in [-0.4, -0.2) is 32.2 Å². The molecule has 110 valence electrons. The number of nitrogens with zero attached hydrogens (tertiary/aromatic N) is 1. The Morgan fingerprint density at radius 3 is 2.68 bits per heavy atom. The summed E-state index contributed by atoms with van der Waals surface area (Å²) in [6.45, 7) is 7.27. The number of hydrogen-bond acceptors (Lipinski definition) is 5. The number of aromatic nitrogens is 1. The molecule has 0 saturated heterocycles. The molecule has 0 aromatic carbocycles. The van der Waals surface area contributed by atoms with Crippen LogP contribution in [0.25, 0.3) is 0 Å². The van der Waals surface area contributed by atoms with Gasteiger partial charge in [-0.05, 0) is 26.3 Å². The molecule has 0 radical (unpaired) electrons. The van der Waals surface area contributed by atoms with Crippen LogP contribution in [0.15, 0.2) is 6.20 Å². The maximum Gasteiger partial charge on any atom is 0.213 e. The van der Waals surface area contributed by atoms with Gasteiger partial charge in [0.1, 0.15) is 5.01 Å². The SMILES string of the molecule is CCCNCCS(=O)(=O)NC(C)c1ncc(CC)s1. The van der Waals surface area contributed by atoms with Gasteiger partial charge in [0.15, 0.2) is 0 Å². The van der Waals surface area contributed by atoms with Crippen LogP contribution in [0.3, 0.4) is 0 Å². The third kappa shape index (κ3) is 5.99. The highest BCUT2D eigenvalue weighted by molar-refractivity contribution is 7.89. The van der Waals surface area contributed by atoms with E-state index in [1.54, 1.807) is 11.3 Å². The molecule has 0 aliphatic carbocycles. The lowest BCUT2D eigenvalue weighted by molar-refractivity contribution is 0.561. The molecule has 1 heterocycles. The maximum absolute atomic E-state index is 11.9. The van der Waals surface area contributed by atoms with Gasteiger partial charge in [0, 0.05) is 17.6 Å². The fourth-order valence-electron chi connectivity index (χ4n) is 1.57. The average molecular weight is 305 g/mol. The molecule has 5 nitrogen and oxygen atoms in total. The third-order valence-corrected chi connectivity index (χ3v) is 5.40. The van der Waals surface area contributed by atoms with Crippen molar-refractivity contribution in [2.24, 2.45) is 0 Å². The van der Waals surface area contributed by atoms with Gasteiger partial charge < -0.3 is 5.32 Å². The number of hydrogen-bond donors (Lipinski definition) is 2. The Bertz CT molecular complexity index is 471. The van der Waals surface area contributed by atoms with E-state index < -0.39 is 10.0 Å². The van der Waals surface area contributed by atoms with Crippen LogP contribution >= 0.6 is 11.3 Å². The van der Waals surface area contributed by atoms with Crippen molar-refractivity contribution in [2.45, 2.75) is 39.7 Å². The standard InChI is InChI=1S/C12H23N3O2S2/c1-4-6-13-7-8-19(16,17)15-10(3)12-14-9-11(5-2)18-12/h9-10,13,15H,4-8H2,1-3H3. The second-order valence-corrected chi connectivity index (χ2v) is 7.45. The van der Waals surface area contributed by atoms with E-state index in [2.05, 4.69) is 28.9 Å². The first kappa shape index (κ1) is 16.6. The Hall–Kier alpha value is -0.500. The number of aryl methyl sites for hydroxylation is 1.